The quantitative estimate of drug-likeness (QED) is 0.0684. The number of hydrogen-bond acceptors (Lipinski definition) is 10. The van der Waals surface area contributed by atoms with Gasteiger partial charge >= 0.3 is 12.2 Å². The fourth-order valence-corrected chi connectivity index (χ4v) is 6.87. The van der Waals surface area contributed by atoms with Gasteiger partial charge in [-0.05, 0) is 71.4 Å². The van der Waals surface area contributed by atoms with E-state index in [0.29, 0.717) is 12.4 Å². The molecule has 1 aliphatic rings. The van der Waals surface area contributed by atoms with Crippen molar-refractivity contribution in [1.29, 1.82) is 0 Å². The summed E-state index contributed by atoms with van der Waals surface area (Å²) in [6, 6.07) is 22.1. The molecule has 1 aliphatic heterocycles. The van der Waals surface area contributed by atoms with Crippen molar-refractivity contribution in [3.05, 3.63) is 95.6 Å². The molecule has 0 fully saturated rings. The van der Waals surface area contributed by atoms with E-state index in [1.54, 1.807) is 41.5 Å². The van der Waals surface area contributed by atoms with Crippen LogP contribution in [0.4, 0.5) is 15.3 Å². The molecular formula is C44H62N6O8. The maximum absolute atomic E-state index is 14.0. The van der Waals surface area contributed by atoms with Crippen molar-refractivity contribution >= 4 is 29.7 Å². The number of aryl methyl sites for hydroxylation is 1. The molecule has 0 saturated heterocycles. The van der Waals surface area contributed by atoms with Crippen molar-refractivity contribution in [3.63, 3.8) is 0 Å². The SMILES string of the molecule is COC(=O)N[C@H](C(=O)NN(Cc1ccc(OCCCN2CCCc3ccccc32)cc1)[C@@H](O)[C@@H](Cc1ccccc1)NC(=O)[C@H](NC(=O)OC)C(C)(C)C)C(C)(C)C. The molecule has 0 aliphatic carbocycles. The number of hydrazine groups is 1. The van der Waals surface area contributed by atoms with Crippen molar-refractivity contribution in [2.24, 2.45) is 10.8 Å². The predicted molar refractivity (Wildman–Crippen MR) is 223 cm³/mol. The summed E-state index contributed by atoms with van der Waals surface area (Å²) in [6.45, 7) is 13.2. The van der Waals surface area contributed by atoms with Gasteiger partial charge in [0.05, 0.1) is 26.9 Å². The first-order valence-electron chi connectivity index (χ1n) is 19.8. The molecule has 4 atom stereocenters. The maximum atomic E-state index is 14.0. The van der Waals surface area contributed by atoms with E-state index in [1.165, 1.54) is 30.5 Å². The monoisotopic (exact) mass is 802 g/mol. The number of nitrogens with one attached hydrogen (secondary N) is 4. The highest BCUT2D eigenvalue weighted by molar-refractivity contribution is 5.87. The molecule has 0 aromatic heterocycles. The van der Waals surface area contributed by atoms with E-state index in [4.69, 9.17) is 14.2 Å². The summed E-state index contributed by atoms with van der Waals surface area (Å²) < 4.78 is 15.7. The molecule has 3 aromatic rings. The highest BCUT2D eigenvalue weighted by atomic mass is 16.5. The Kier molecular flexibility index (Phi) is 16.3. The first kappa shape index (κ1) is 45.4. The molecular weight excluding hydrogens is 741 g/mol. The van der Waals surface area contributed by atoms with Crippen molar-refractivity contribution in [1.82, 2.24) is 26.4 Å². The van der Waals surface area contributed by atoms with Gasteiger partial charge in [0.25, 0.3) is 5.91 Å². The van der Waals surface area contributed by atoms with Crippen LogP contribution in [-0.2, 0) is 38.4 Å². The number of aliphatic hydroxyl groups excluding tert-OH is 1. The molecule has 5 N–H and O–H groups in total. The Morgan fingerprint density at radius 3 is 1.95 bits per heavy atom. The van der Waals surface area contributed by atoms with Crippen LogP contribution in [0, 0.1) is 10.8 Å². The zero-order valence-electron chi connectivity index (χ0n) is 35.2. The fraction of sp³-hybridized carbons (Fsp3) is 0.500. The van der Waals surface area contributed by atoms with E-state index in [0.717, 1.165) is 43.5 Å². The zero-order chi connectivity index (χ0) is 42.5. The van der Waals surface area contributed by atoms with Crippen LogP contribution in [0.25, 0.3) is 0 Å². The summed E-state index contributed by atoms with van der Waals surface area (Å²) in [7, 11) is 2.42. The Balaban J connectivity index is 1.57. The number of nitrogens with zero attached hydrogens (tertiary/aromatic N) is 2. The Hall–Kier alpha value is -5.34. The lowest BCUT2D eigenvalue weighted by Crippen LogP contribution is -2.64. The number of hydrogen-bond donors (Lipinski definition) is 5. The Morgan fingerprint density at radius 1 is 0.759 bits per heavy atom. The smallest absolute Gasteiger partial charge is 0.407 e. The predicted octanol–water partition coefficient (Wildman–Crippen LogP) is 5.33. The van der Waals surface area contributed by atoms with Crippen LogP contribution in [0.1, 0.15) is 71.1 Å². The highest BCUT2D eigenvalue weighted by Gasteiger charge is 2.39. The average Bonchev–Trinajstić information content (AvgIpc) is 3.19. The van der Waals surface area contributed by atoms with Crippen LogP contribution in [0.3, 0.4) is 0 Å². The lowest BCUT2D eigenvalue weighted by Gasteiger charge is -2.38. The first-order chi connectivity index (χ1) is 27.5. The van der Waals surface area contributed by atoms with E-state index in [2.05, 4.69) is 50.5 Å². The Labute approximate surface area is 342 Å². The molecule has 0 bridgehead atoms. The van der Waals surface area contributed by atoms with Crippen LogP contribution >= 0.6 is 0 Å². The summed E-state index contributed by atoms with van der Waals surface area (Å²) in [6.07, 6.45) is 0.151. The van der Waals surface area contributed by atoms with Gasteiger partial charge in [-0.1, -0.05) is 102 Å². The van der Waals surface area contributed by atoms with Crippen molar-refractivity contribution in [2.75, 3.05) is 38.8 Å². The molecule has 14 heteroatoms. The molecule has 0 radical (unpaired) electrons. The molecule has 0 unspecified atom stereocenters. The standard InChI is InChI=1S/C44H62N6O8/c1-43(2,3)36(46-41(54)56-7)38(51)45-34(28-30-16-10-9-11-17-30)40(53)50(48-39(52)37(44(4,5)6)47-42(55)57-8)29-31-21-23-33(24-22-31)58-27-15-26-49-25-14-19-32-18-12-13-20-35(32)49/h9-13,16-18,20-24,34,36-37,40,53H,14-15,19,25-29H2,1-8H3,(H,45,51)(H,46,54)(H,47,55)(H,48,52)/t34-,36+,37-,40+/m1/s1. The average molecular weight is 803 g/mol. The number of carbonyl (C=O) groups is 4. The van der Waals surface area contributed by atoms with Gasteiger partial charge in [0, 0.05) is 25.3 Å². The summed E-state index contributed by atoms with van der Waals surface area (Å²) in [5, 5.41) is 21.7. The van der Waals surface area contributed by atoms with Crippen molar-refractivity contribution < 1.29 is 38.5 Å². The number of alkyl carbamates (subject to hydrolysis) is 2. The number of rotatable bonds is 17. The molecule has 3 aromatic carbocycles. The van der Waals surface area contributed by atoms with Crippen LogP contribution < -0.4 is 31.0 Å². The lowest BCUT2D eigenvalue weighted by molar-refractivity contribution is -0.141. The van der Waals surface area contributed by atoms with E-state index >= 15 is 0 Å². The second-order valence-corrected chi connectivity index (χ2v) is 16.8. The van der Waals surface area contributed by atoms with E-state index in [1.807, 2.05) is 54.6 Å². The van der Waals surface area contributed by atoms with E-state index in [9.17, 15) is 24.3 Å². The number of carbonyl (C=O) groups excluding carboxylic acids is 4. The van der Waals surface area contributed by atoms with Gasteiger partial charge < -0.3 is 40.2 Å². The van der Waals surface area contributed by atoms with Gasteiger partial charge in [-0.15, -0.1) is 0 Å². The molecule has 316 valence electrons. The molecule has 0 saturated carbocycles. The minimum atomic E-state index is -1.51. The van der Waals surface area contributed by atoms with Gasteiger partial charge in [0.1, 0.15) is 24.1 Å². The van der Waals surface area contributed by atoms with Gasteiger partial charge in [-0.25, -0.2) is 9.59 Å². The van der Waals surface area contributed by atoms with Gasteiger partial charge in [-0.2, -0.15) is 5.01 Å². The third kappa shape index (κ3) is 13.4. The molecule has 1 heterocycles. The first-order valence-corrected chi connectivity index (χ1v) is 19.8. The van der Waals surface area contributed by atoms with Gasteiger partial charge in [-0.3, -0.25) is 15.0 Å². The normalized spacial score (nSPS) is 14.9. The maximum Gasteiger partial charge on any atom is 0.407 e. The summed E-state index contributed by atoms with van der Waals surface area (Å²) >= 11 is 0. The van der Waals surface area contributed by atoms with Crippen molar-refractivity contribution in [2.45, 2.75) is 98.1 Å². The number of ether oxygens (including phenoxy) is 3. The summed E-state index contributed by atoms with van der Waals surface area (Å²) in [4.78, 5) is 55.0. The number of aliphatic hydroxyl groups is 1. The zero-order valence-corrected chi connectivity index (χ0v) is 35.2. The van der Waals surface area contributed by atoms with Crippen LogP contribution in [-0.4, -0.2) is 92.4 Å². The van der Waals surface area contributed by atoms with E-state index in [-0.39, 0.29) is 13.0 Å². The molecule has 14 nitrogen and oxygen atoms in total. The largest absolute Gasteiger partial charge is 0.494 e. The van der Waals surface area contributed by atoms with Gasteiger partial charge in [0.15, 0.2) is 0 Å². The Morgan fingerprint density at radius 2 is 1.34 bits per heavy atom. The topological polar surface area (TPSA) is 171 Å². The minimum Gasteiger partial charge on any atom is -0.494 e. The van der Waals surface area contributed by atoms with Crippen LogP contribution in [0.2, 0.25) is 0 Å². The number of para-hydroxylation sites is 1. The molecule has 0 spiro atoms. The second-order valence-electron chi connectivity index (χ2n) is 16.8. The third-order valence-electron chi connectivity index (χ3n) is 10.0. The van der Waals surface area contributed by atoms with E-state index < -0.39 is 59.2 Å². The Bertz CT molecular complexity index is 1790. The minimum absolute atomic E-state index is 0.000906. The van der Waals surface area contributed by atoms with Crippen molar-refractivity contribution in [3.8, 4) is 5.75 Å². The molecule has 58 heavy (non-hydrogen) atoms. The summed E-state index contributed by atoms with van der Waals surface area (Å²) in [5.74, 6) is -0.498. The number of fused-ring (bicyclic) bond motifs is 1. The summed E-state index contributed by atoms with van der Waals surface area (Å²) in [5.41, 5.74) is 5.53. The molecule has 4 amide bonds. The van der Waals surface area contributed by atoms with Crippen LogP contribution in [0.15, 0.2) is 78.9 Å². The lowest BCUT2D eigenvalue weighted by atomic mass is 9.86. The number of methoxy groups -OCH3 is 2. The third-order valence-corrected chi connectivity index (χ3v) is 10.0. The van der Waals surface area contributed by atoms with Gasteiger partial charge in [0.2, 0.25) is 5.91 Å². The number of benzene rings is 3. The molecule has 4 rings (SSSR count). The number of amides is 4. The fourth-order valence-electron chi connectivity index (χ4n) is 6.87. The highest BCUT2D eigenvalue weighted by Crippen LogP contribution is 2.27. The second kappa shape index (κ2) is 20.9. The number of anilines is 1. The van der Waals surface area contributed by atoms with Crippen LogP contribution in [0.5, 0.6) is 5.75 Å².